The van der Waals surface area contributed by atoms with Crippen molar-refractivity contribution in [3.05, 3.63) is 69.2 Å². The molecule has 0 heterocycles. The third kappa shape index (κ3) is 4.92. The zero-order valence-electron chi connectivity index (χ0n) is 12.5. The van der Waals surface area contributed by atoms with E-state index in [1.807, 2.05) is 6.92 Å². The van der Waals surface area contributed by atoms with Crippen LogP contribution in [0.3, 0.4) is 0 Å². The second kappa shape index (κ2) is 8.10. The first-order valence-electron chi connectivity index (χ1n) is 6.80. The Morgan fingerprint density at radius 2 is 1.62 bits per heavy atom. The third-order valence-electron chi connectivity index (χ3n) is 2.99. The predicted octanol–water partition coefficient (Wildman–Crippen LogP) is 3.25. The molecule has 0 aliphatic heterocycles. The number of aryl methyl sites for hydroxylation is 1. The zero-order valence-corrected chi connectivity index (χ0v) is 14.9. The quantitative estimate of drug-likeness (QED) is 0.551. The molecule has 0 unspecified atom stereocenters. The summed E-state index contributed by atoms with van der Waals surface area (Å²) in [5, 5.41) is 3.22. The van der Waals surface area contributed by atoms with Gasteiger partial charge >= 0.3 is 0 Å². The van der Waals surface area contributed by atoms with Crippen LogP contribution in [-0.4, -0.2) is 16.9 Å². The summed E-state index contributed by atoms with van der Waals surface area (Å²) >= 11 is 16.7. The van der Waals surface area contributed by atoms with E-state index in [1.54, 1.807) is 42.5 Å². The average Bonchev–Trinajstić information content (AvgIpc) is 2.53. The van der Waals surface area contributed by atoms with Crippen LogP contribution >= 0.6 is 35.4 Å². The van der Waals surface area contributed by atoms with E-state index in [-0.39, 0.29) is 10.7 Å². The summed E-state index contributed by atoms with van der Waals surface area (Å²) in [5.74, 6) is -0.894. The number of nitrogens with one attached hydrogen (secondary N) is 3. The Hall–Kier alpha value is -2.15. The molecule has 24 heavy (non-hydrogen) atoms. The molecule has 0 fully saturated rings. The topological polar surface area (TPSA) is 70.2 Å². The fourth-order valence-electron chi connectivity index (χ4n) is 1.79. The van der Waals surface area contributed by atoms with Crippen molar-refractivity contribution in [3.8, 4) is 0 Å². The minimum absolute atomic E-state index is 0.0565. The van der Waals surface area contributed by atoms with Gasteiger partial charge in [-0.3, -0.25) is 25.8 Å². The summed E-state index contributed by atoms with van der Waals surface area (Å²) < 4.78 is 0. The molecule has 0 aromatic heterocycles. The monoisotopic (exact) mass is 381 g/mol. The van der Waals surface area contributed by atoms with Crippen molar-refractivity contribution in [1.29, 1.82) is 0 Å². The Morgan fingerprint density at radius 1 is 0.958 bits per heavy atom. The maximum absolute atomic E-state index is 12.1. The van der Waals surface area contributed by atoms with Gasteiger partial charge in [0.05, 0.1) is 10.6 Å². The molecule has 0 atom stereocenters. The van der Waals surface area contributed by atoms with Crippen molar-refractivity contribution in [3.63, 3.8) is 0 Å². The molecule has 0 aliphatic rings. The van der Waals surface area contributed by atoms with Gasteiger partial charge in [-0.2, -0.15) is 0 Å². The van der Waals surface area contributed by atoms with Crippen LogP contribution in [0.15, 0.2) is 42.5 Å². The second-order valence-corrected chi connectivity index (χ2v) is 6.10. The lowest BCUT2D eigenvalue weighted by atomic mass is 10.1. The summed E-state index contributed by atoms with van der Waals surface area (Å²) in [4.78, 5) is 24.0. The van der Waals surface area contributed by atoms with Gasteiger partial charge < -0.3 is 0 Å². The van der Waals surface area contributed by atoms with E-state index in [0.29, 0.717) is 15.6 Å². The number of amides is 2. The number of benzene rings is 2. The van der Waals surface area contributed by atoms with Crippen LogP contribution < -0.4 is 16.2 Å². The molecular weight excluding hydrogens is 369 g/mol. The highest BCUT2D eigenvalue weighted by Crippen LogP contribution is 2.17. The largest absolute Gasteiger partial charge is 0.298 e. The first-order chi connectivity index (χ1) is 11.4. The average molecular weight is 382 g/mol. The van der Waals surface area contributed by atoms with Gasteiger partial charge in [-0.25, -0.2) is 0 Å². The number of hydrogen-bond acceptors (Lipinski definition) is 3. The predicted molar refractivity (Wildman–Crippen MR) is 98.3 cm³/mol. The number of carbonyl (C=O) groups excluding carboxylic acids is 2. The van der Waals surface area contributed by atoms with E-state index in [4.69, 9.17) is 35.4 Å². The van der Waals surface area contributed by atoms with Crippen LogP contribution in [-0.2, 0) is 0 Å². The van der Waals surface area contributed by atoms with E-state index < -0.39 is 11.8 Å². The standard InChI is InChI=1S/C16H13Cl2N3O2S/c1-9-2-7-12(13(18)8-9)15(23)19-16(24)21-20-14(22)10-3-5-11(17)6-4-10/h2-8H,1H3,(H,20,22)(H2,19,21,23,24). The Labute approximate surface area is 154 Å². The molecule has 0 aliphatic carbocycles. The summed E-state index contributed by atoms with van der Waals surface area (Å²) in [7, 11) is 0. The number of thiocarbonyl (C=S) groups is 1. The van der Waals surface area contributed by atoms with Crippen molar-refractivity contribution in [1.82, 2.24) is 16.2 Å². The lowest BCUT2D eigenvalue weighted by Crippen LogP contribution is -2.48. The number of rotatable bonds is 2. The van der Waals surface area contributed by atoms with Gasteiger partial charge in [-0.05, 0) is 61.1 Å². The van der Waals surface area contributed by atoms with Crippen LogP contribution in [0, 0.1) is 6.92 Å². The number of hydrazine groups is 1. The van der Waals surface area contributed by atoms with Crippen LogP contribution in [0.4, 0.5) is 0 Å². The van der Waals surface area contributed by atoms with Crippen LogP contribution in [0.5, 0.6) is 0 Å². The first-order valence-corrected chi connectivity index (χ1v) is 7.96. The first kappa shape index (κ1) is 18.2. The van der Waals surface area contributed by atoms with Crippen molar-refractivity contribution in [2.45, 2.75) is 6.92 Å². The van der Waals surface area contributed by atoms with E-state index in [1.165, 1.54) is 0 Å². The fourth-order valence-corrected chi connectivity index (χ4v) is 2.38. The van der Waals surface area contributed by atoms with Gasteiger partial charge in [0.25, 0.3) is 11.8 Å². The molecule has 0 saturated carbocycles. The fraction of sp³-hybridized carbons (Fsp3) is 0.0625. The molecule has 3 N–H and O–H groups in total. The summed E-state index contributed by atoms with van der Waals surface area (Å²) in [6, 6.07) is 11.3. The van der Waals surface area contributed by atoms with Crippen LogP contribution in [0.2, 0.25) is 10.0 Å². The maximum atomic E-state index is 12.1. The molecule has 8 heteroatoms. The molecule has 5 nitrogen and oxygen atoms in total. The van der Waals surface area contributed by atoms with Gasteiger partial charge in [-0.15, -0.1) is 0 Å². The highest BCUT2D eigenvalue weighted by atomic mass is 35.5. The van der Waals surface area contributed by atoms with Gasteiger partial charge in [0.1, 0.15) is 0 Å². The van der Waals surface area contributed by atoms with Crippen LogP contribution in [0.1, 0.15) is 26.3 Å². The molecule has 124 valence electrons. The van der Waals surface area contributed by atoms with Crippen molar-refractivity contribution < 1.29 is 9.59 Å². The molecule has 0 spiro atoms. The molecule has 0 radical (unpaired) electrons. The minimum atomic E-state index is -0.474. The van der Waals surface area contributed by atoms with E-state index >= 15 is 0 Å². The highest BCUT2D eigenvalue weighted by Gasteiger charge is 2.12. The minimum Gasteiger partial charge on any atom is -0.298 e. The Bertz CT molecular complexity index is 794. The number of halogens is 2. The van der Waals surface area contributed by atoms with Gasteiger partial charge in [-0.1, -0.05) is 29.3 Å². The van der Waals surface area contributed by atoms with E-state index in [0.717, 1.165) is 5.56 Å². The second-order valence-electron chi connectivity index (χ2n) is 4.85. The van der Waals surface area contributed by atoms with E-state index in [9.17, 15) is 9.59 Å². The van der Waals surface area contributed by atoms with Crippen molar-refractivity contribution in [2.24, 2.45) is 0 Å². The van der Waals surface area contributed by atoms with Crippen LogP contribution in [0.25, 0.3) is 0 Å². The SMILES string of the molecule is Cc1ccc(C(=O)NC(=S)NNC(=O)c2ccc(Cl)cc2)c(Cl)c1. The van der Waals surface area contributed by atoms with Crippen molar-refractivity contribution >= 4 is 52.3 Å². The maximum Gasteiger partial charge on any atom is 0.269 e. The third-order valence-corrected chi connectivity index (χ3v) is 3.76. The zero-order chi connectivity index (χ0) is 17.7. The molecule has 2 rings (SSSR count). The lowest BCUT2D eigenvalue weighted by Gasteiger charge is -2.11. The normalized spacial score (nSPS) is 9.96. The van der Waals surface area contributed by atoms with Crippen molar-refractivity contribution in [2.75, 3.05) is 0 Å². The number of carbonyl (C=O) groups is 2. The Kier molecular flexibility index (Phi) is 6.14. The molecule has 0 bridgehead atoms. The van der Waals surface area contributed by atoms with Gasteiger partial charge in [0.2, 0.25) is 0 Å². The highest BCUT2D eigenvalue weighted by molar-refractivity contribution is 7.80. The number of hydrogen-bond donors (Lipinski definition) is 3. The van der Waals surface area contributed by atoms with E-state index in [2.05, 4.69) is 16.2 Å². The Morgan fingerprint density at radius 3 is 2.25 bits per heavy atom. The molecule has 0 saturated heterocycles. The molecule has 2 aromatic rings. The summed E-state index contributed by atoms with van der Waals surface area (Å²) in [6.45, 7) is 1.87. The summed E-state index contributed by atoms with van der Waals surface area (Å²) in [6.07, 6.45) is 0. The summed E-state index contributed by atoms with van der Waals surface area (Å²) in [5.41, 5.74) is 6.44. The van der Waals surface area contributed by atoms with Gasteiger partial charge in [0.15, 0.2) is 5.11 Å². The lowest BCUT2D eigenvalue weighted by molar-refractivity contribution is 0.0934. The smallest absolute Gasteiger partial charge is 0.269 e. The molecule has 2 amide bonds. The molecular formula is C16H13Cl2N3O2S. The molecule has 2 aromatic carbocycles. The van der Waals surface area contributed by atoms with Gasteiger partial charge in [0, 0.05) is 10.6 Å². The Balaban J connectivity index is 1.89.